The Kier molecular flexibility index (Phi) is 4.19. The van der Waals surface area contributed by atoms with Crippen LogP contribution in [0.4, 0.5) is 11.5 Å². The Bertz CT molecular complexity index is 1200. The number of benzene rings is 2. The van der Waals surface area contributed by atoms with Crippen molar-refractivity contribution in [3.63, 3.8) is 0 Å². The first-order valence-electron chi connectivity index (χ1n) is 8.46. The molecule has 9 nitrogen and oxygen atoms in total. The Morgan fingerprint density at radius 2 is 1.76 bits per heavy atom. The van der Waals surface area contributed by atoms with Crippen LogP contribution in [0.1, 0.15) is 47.2 Å². The number of imide groups is 1. The van der Waals surface area contributed by atoms with E-state index in [1.54, 1.807) is 13.0 Å². The topological polar surface area (TPSA) is 130 Å². The minimum Gasteiger partial charge on any atom is -0.478 e. The second-order valence-electron chi connectivity index (χ2n) is 6.34. The molecule has 0 saturated carbocycles. The average molecular weight is 391 g/mol. The van der Waals surface area contributed by atoms with Crippen molar-refractivity contribution >= 4 is 35.2 Å². The van der Waals surface area contributed by atoms with E-state index in [0.717, 1.165) is 4.90 Å². The van der Waals surface area contributed by atoms with Crippen LogP contribution in [0.25, 0.3) is 0 Å². The third kappa shape index (κ3) is 3.14. The van der Waals surface area contributed by atoms with Crippen LogP contribution in [0.15, 0.2) is 53.1 Å². The van der Waals surface area contributed by atoms with Gasteiger partial charge in [-0.2, -0.15) is 0 Å². The van der Waals surface area contributed by atoms with E-state index in [1.807, 2.05) is 0 Å². The summed E-state index contributed by atoms with van der Waals surface area (Å²) in [5, 5.41) is 15.3. The fourth-order valence-corrected chi connectivity index (χ4v) is 2.98. The number of carboxylic acid groups (broad SMARTS) is 1. The zero-order chi connectivity index (χ0) is 20.7. The Labute approximate surface area is 163 Å². The highest BCUT2D eigenvalue weighted by Gasteiger charge is 2.38. The molecule has 2 aromatic carbocycles. The maximum atomic E-state index is 12.7. The van der Waals surface area contributed by atoms with Gasteiger partial charge >= 0.3 is 5.97 Å². The number of carboxylic acids is 1. The maximum absolute atomic E-state index is 12.7. The fraction of sp³-hybridized carbons (Fsp3) is 0.0500. The van der Waals surface area contributed by atoms with Gasteiger partial charge < -0.3 is 14.9 Å². The summed E-state index contributed by atoms with van der Waals surface area (Å²) in [5.41, 5.74) is 0.681. The lowest BCUT2D eigenvalue weighted by Crippen LogP contribution is -2.29. The monoisotopic (exact) mass is 391 g/mol. The number of aromatic nitrogens is 1. The van der Waals surface area contributed by atoms with Crippen molar-refractivity contribution in [2.24, 2.45) is 0 Å². The van der Waals surface area contributed by atoms with Crippen molar-refractivity contribution in [2.45, 2.75) is 6.92 Å². The lowest BCUT2D eigenvalue weighted by atomic mass is 10.1. The standard InChI is InChI=1S/C20H13N3O6/c1-10-7-16(22-29-10)23-18(25)14-6-5-11(9-15(14)19(23)26)17(24)21-13-4-2-3-12(8-13)20(27)28/h2-9H,1H3,(H,21,24)(H,27,28). The highest BCUT2D eigenvalue weighted by Crippen LogP contribution is 2.29. The minimum absolute atomic E-state index is 0.0241. The molecule has 0 fully saturated rings. The van der Waals surface area contributed by atoms with Crippen LogP contribution in [0, 0.1) is 6.92 Å². The molecule has 0 aliphatic carbocycles. The molecule has 9 heteroatoms. The molecule has 2 heterocycles. The zero-order valence-corrected chi connectivity index (χ0v) is 15.0. The van der Waals surface area contributed by atoms with Crippen molar-refractivity contribution in [2.75, 3.05) is 10.2 Å². The zero-order valence-electron chi connectivity index (χ0n) is 15.0. The average Bonchev–Trinajstić information content (AvgIpc) is 3.22. The molecule has 2 N–H and O–H groups in total. The van der Waals surface area contributed by atoms with Crippen LogP contribution in [0.3, 0.4) is 0 Å². The summed E-state index contributed by atoms with van der Waals surface area (Å²) in [6.07, 6.45) is 0. The van der Waals surface area contributed by atoms with Gasteiger partial charge in [-0.25, -0.2) is 9.69 Å². The van der Waals surface area contributed by atoms with Crippen LogP contribution in [0.5, 0.6) is 0 Å². The Morgan fingerprint density at radius 3 is 2.45 bits per heavy atom. The summed E-state index contributed by atoms with van der Waals surface area (Å²) in [6.45, 7) is 1.64. The maximum Gasteiger partial charge on any atom is 0.335 e. The molecule has 0 radical (unpaired) electrons. The molecule has 1 aromatic heterocycles. The number of carbonyl (C=O) groups is 4. The molecule has 0 spiro atoms. The Hall–Kier alpha value is -4.27. The van der Waals surface area contributed by atoms with Gasteiger partial charge in [0.15, 0.2) is 5.82 Å². The van der Waals surface area contributed by atoms with E-state index in [-0.39, 0.29) is 33.8 Å². The Balaban J connectivity index is 1.61. The van der Waals surface area contributed by atoms with Crippen LogP contribution >= 0.6 is 0 Å². The Morgan fingerprint density at radius 1 is 1.00 bits per heavy atom. The number of carbonyl (C=O) groups excluding carboxylic acids is 3. The molecule has 4 rings (SSSR count). The third-order valence-electron chi connectivity index (χ3n) is 4.36. The predicted octanol–water partition coefficient (Wildman–Crippen LogP) is 2.73. The van der Waals surface area contributed by atoms with Gasteiger partial charge in [0, 0.05) is 17.3 Å². The number of nitrogens with one attached hydrogen (secondary N) is 1. The van der Waals surface area contributed by atoms with E-state index in [1.165, 1.54) is 42.5 Å². The number of aryl methyl sites for hydroxylation is 1. The molecule has 0 bridgehead atoms. The van der Waals surface area contributed by atoms with Gasteiger partial charge in [-0.15, -0.1) is 0 Å². The van der Waals surface area contributed by atoms with Gasteiger partial charge in [-0.05, 0) is 43.3 Å². The van der Waals surface area contributed by atoms with Crippen molar-refractivity contribution in [1.29, 1.82) is 0 Å². The van der Waals surface area contributed by atoms with Gasteiger partial charge in [0.05, 0.1) is 16.7 Å². The summed E-state index contributed by atoms with van der Waals surface area (Å²) in [4.78, 5) is 49.7. The summed E-state index contributed by atoms with van der Waals surface area (Å²) in [6, 6.07) is 11.4. The van der Waals surface area contributed by atoms with E-state index < -0.39 is 23.7 Å². The van der Waals surface area contributed by atoms with E-state index in [4.69, 9.17) is 9.63 Å². The van der Waals surface area contributed by atoms with E-state index >= 15 is 0 Å². The lowest BCUT2D eigenvalue weighted by molar-refractivity contribution is 0.0696. The quantitative estimate of drug-likeness (QED) is 0.654. The van der Waals surface area contributed by atoms with Gasteiger partial charge in [-0.1, -0.05) is 11.2 Å². The van der Waals surface area contributed by atoms with Crippen LogP contribution in [0.2, 0.25) is 0 Å². The molecule has 0 saturated heterocycles. The van der Waals surface area contributed by atoms with E-state index in [2.05, 4.69) is 10.5 Å². The number of hydrogen-bond donors (Lipinski definition) is 2. The first-order valence-corrected chi connectivity index (χ1v) is 8.46. The van der Waals surface area contributed by atoms with Gasteiger partial charge in [-0.3, -0.25) is 14.4 Å². The van der Waals surface area contributed by atoms with Crippen molar-refractivity contribution in [3.05, 3.63) is 76.5 Å². The first kappa shape index (κ1) is 18.1. The normalized spacial score (nSPS) is 12.8. The van der Waals surface area contributed by atoms with Gasteiger partial charge in [0.1, 0.15) is 5.76 Å². The van der Waals surface area contributed by atoms with Crippen molar-refractivity contribution in [1.82, 2.24) is 5.16 Å². The first-order chi connectivity index (χ1) is 13.8. The third-order valence-corrected chi connectivity index (χ3v) is 4.36. The molecule has 3 aromatic rings. The number of amides is 3. The molecule has 144 valence electrons. The summed E-state index contributed by atoms with van der Waals surface area (Å²) in [7, 11) is 0. The number of nitrogens with zero attached hydrogens (tertiary/aromatic N) is 2. The summed E-state index contributed by atoms with van der Waals surface area (Å²) >= 11 is 0. The molecule has 1 aliphatic heterocycles. The second kappa shape index (κ2) is 6.71. The molecular formula is C20H13N3O6. The number of anilines is 2. The molecule has 3 amide bonds. The summed E-state index contributed by atoms with van der Waals surface area (Å²) in [5.74, 6) is -2.32. The summed E-state index contributed by atoms with van der Waals surface area (Å²) < 4.78 is 4.93. The SMILES string of the molecule is Cc1cc(N2C(=O)c3ccc(C(=O)Nc4cccc(C(=O)O)c4)cc3C2=O)no1. The number of hydrogen-bond acceptors (Lipinski definition) is 6. The number of fused-ring (bicyclic) bond motifs is 1. The van der Waals surface area contributed by atoms with Crippen molar-refractivity contribution < 1.29 is 28.8 Å². The van der Waals surface area contributed by atoms with Gasteiger partial charge in [0.2, 0.25) is 0 Å². The number of aromatic carboxylic acids is 1. The van der Waals surface area contributed by atoms with Crippen LogP contribution in [-0.2, 0) is 0 Å². The smallest absolute Gasteiger partial charge is 0.335 e. The van der Waals surface area contributed by atoms with Gasteiger partial charge in [0.25, 0.3) is 17.7 Å². The predicted molar refractivity (Wildman–Crippen MR) is 100 cm³/mol. The van der Waals surface area contributed by atoms with Crippen LogP contribution < -0.4 is 10.2 Å². The minimum atomic E-state index is -1.12. The van der Waals surface area contributed by atoms with E-state index in [0.29, 0.717) is 5.76 Å². The highest BCUT2D eigenvalue weighted by molar-refractivity contribution is 6.34. The van der Waals surface area contributed by atoms with Crippen molar-refractivity contribution in [3.8, 4) is 0 Å². The lowest BCUT2D eigenvalue weighted by Gasteiger charge is -2.08. The second-order valence-corrected chi connectivity index (χ2v) is 6.34. The fourth-order valence-electron chi connectivity index (χ4n) is 2.98. The molecule has 29 heavy (non-hydrogen) atoms. The van der Waals surface area contributed by atoms with Crippen LogP contribution in [-0.4, -0.2) is 34.0 Å². The molecular weight excluding hydrogens is 378 g/mol. The van der Waals surface area contributed by atoms with E-state index in [9.17, 15) is 19.2 Å². The number of rotatable bonds is 4. The largest absolute Gasteiger partial charge is 0.478 e. The molecule has 1 aliphatic rings. The molecule has 0 atom stereocenters. The molecule has 0 unspecified atom stereocenters. The highest BCUT2D eigenvalue weighted by atomic mass is 16.5.